The second-order valence-electron chi connectivity index (χ2n) is 6.79. The lowest BCUT2D eigenvalue weighted by molar-refractivity contribution is 0.578. The number of allylic oxidation sites excluding steroid dienone is 2. The minimum Gasteiger partial charge on any atom is -0.366 e. The molecule has 0 fully saturated rings. The average Bonchev–Trinajstić information content (AvgIpc) is 2.73. The van der Waals surface area contributed by atoms with Crippen molar-refractivity contribution in [2.45, 2.75) is 18.0 Å². The van der Waals surface area contributed by atoms with Gasteiger partial charge in [0.05, 0.1) is 0 Å². The summed E-state index contributed by atoms with van der Waals surface area (Å²) in [6.45, 7) is 1.73. The van der Waals surface area contributed by atoms with Crippen LogP contribution in [0.3, 0.4) is 0 Å². The van der Waals surface area contributed by atoms with Crippen molar-refractivity contribution in [2.75, 3.05) is 6.54 Å². The van der Waals surface area contributed by atoms with Crippen molar-refractivity contribution >= 4 is 22.4 Å². The van der Waals surface area contributed by atoms with Crippen molar-refractivity contribution in [3.63, 3.8) is 0 Å². The number of rotatable bonds is 6. The van der Waals surface area contributed by atoms with E-state index in [0.29, 0.717) is 0 Å². The van der Waals surface area contributed by atoms with Crippen molar-refractivity contribution in [1.82, 2.24) is 10.6 Å². The summed E-state index contributed by atoms with van der Waals surface area (Å²) >= 11 is 7.18. The summed E-state index contributed by atoms with van der Waals surface area (Å²) in [4.78, 5) is -0.718. The van der Waals surface area contributed by atoms with E-state index in [2.05, 4.69) is 83.4 Å². The Morgan fingerprint density at radius 2 is 1.67 bits per heavy atom. The van der Waals surface area contributed by atoms with Crippen LogP contribution in [0.2, 0.25) is 0 Å². The highest BCUT2D eigenvalue weighted by Crippen LogP contribution is 2.40. The fourth-order valence-electron chi connectivity index (χ4n) is 3.62. The van der Waals surface area contributed by atoms with E-state index in [1.54, 1.807) is 0 Å². The summed E-state index contributed by atoms with van der Waals surface area (Å²) < 4.78 is 0. The molecule has 1 aliphatic heterocycles. The second-order valence-corrected chi connectivity index (χ2v) is 7.36. The quantitative estimate of drug-likeness (QED) is 0.340. The van der Waals surface area contributed by atoms with Gasteiger partial charge in [-0.3, -0.25) is 0 Å². The normalized spacial score (nSPS) is 18.9. The second kappa shape index (κ2) is 7.99. The number of nitrogens with one attached hydrogen (secondary N) is 2. The van der Waals surface area contributed by atoms with Gasteiger partial charge in [-0.15, -0.1) is 0 Å². The number of dihydropyridines is 1. The molecule has 1 heterocycles. The van der Waals surface area contributed by atoms with Crippen LogP contribution in [-0.2, 0) is 11.5 Å². The molecule has 136 valence electrons. The van der Waals surface area contributed by atoms with Gasteiger partial charge in [0.15, 0.2) is 5.00 Å². The number of fused-ring (bicyclic) bond motifs is 1. The first-order valence-corrected chi connectivity index (χ1v) is 9.71. The lowest BCUT2D eigenvalue weighted by Crippen LogP contribution is -2.38. The first kappa shape index (κ1) is 17.8. The van der Waals surface area contributed by atoms with E-state index in [1.807, 2.05) is 18.3 Å². The summed E-state index contributed by atoms with van der Waals surface area (Å²) in [5.74, 6) is 0. The molecule has 0 saturated heterocycles. The van der Waals surface area contributed by atoms with Gasteiger partial charge < -0.3 is 10.6 Å². The Hall–Kier alpha value is -2.55. The maximum absolute atomic E-state index is 7.18. The van der Waals surface area contributed by atoms with E-state index in [9.17, 15) is 0 Å². The summed E-state index contributed by atoms with van der Waals surface area (Å²) in [5, 5.41) is 9.31. The molecule has 2 nitrogen and oxygen atoms in total. The van der Waals surface area contributed by atoms with Crippen LogP contribution in [0.5, 0.6) is 0 Å². The third kappa shape index (κ3) is 3.78. The van der Waals surface area contributed by atoms with Gasteiger partial charge in [0.25, 0.3) is 0 Å². The van der Waals surface area contributed by atoms with Gasteiger partial charge in [-0.1, -0.05) is 90.5 Å². The Bertz CT molecular complexity index is 973. The Labute approximate surface area is 165 Å². The van der Waals surface area contributed by atoms with Crippen molar-refractivity contribution < 1.29 is 0 Å². The number of halogens is 1. The molecule has 3 aromatic carbocycles. The lowest BCUT2D eigenvalue weighted by Gasteiger charge is -2.34. The third-order valence-electron chi connectivity index (χ3n) is 5.02. The summed E-state index contributed by atoms with van der Waals surface area (Å²) in [5.41, 5.74) is 3.56. The zero-order chi connectivity index (χ0) is 18.5. The van der Waals surface area contributed by atoms with E-state index in [0.717, 1.165) is 25.1 Å². The Kier molecular flexibility index (Phi) is 5.28. The molecule has 4 rings (SSSR count). The number of benzene rings is 3. The Balaban J connectivity index is 1.52. The van der Waals surface area contributed by atoms with Crippen LogP contribution >= 0.6 is 11.6 Å². The van der Waals surface area contributed by atoms with Crippen LogP contribution in [0.4, 0.5) is 0 Å². The standard InChI is InChI=1S/C24H23ClN2/c25-24(23-14-6-11-20-10-4-5-13-22(20)23)21(12-7-16-27-24)15-17-26-18-19-8-2-1-3-9-19/h1-14,16,26-27H,15,17-18H2. The molecule has 3 heteroatoms. The number of hydrogen-bond acceptors (Lipinski definition) is 2. The Morgan fingerprint density at radius 1 is 0.889 bits per heavy atom. The maximum Gasteiger partial charge on any atom is 0.160 e. The first-order valence-electron chi connectivity index (χ1n) is 9.33. The molecule has 0 aromatic heterocycles. The average molecular weight is 375 g/mol. The summed E-state index contributed by atoms with van der Waals surface area (Å²) in [7, 11) is 0. The van der Waals surface area contributed by atoms with Gasteiger partial charge in [0.1, 0.15) is 0 Å². The first-order chi connectivity index (χ1) is 13.3. The van der Waals surface area contributed by atoms with E-state index < -0.39 is 5.00 Å². The predicted molar refractivity (Wildman–Crippen MR) is 115 cm³/mol. The van der Waals surface area contributed by atoms with Crippen LogP contribution in [-0.4, -0.2) is 6.54 Å². The molecule has 1 atom stereocenters. The van der Waals surface area contributed by atoms with Crippen LogP contribution in [0.25, 0.3) is 10.8 Å². The van der Waals surface area contributed by atoms with Crippen LogP contribution in [0.1, 0.15) is 17.5 Å². The zero-order valence-corrected chi connectivity index (χ0v) is 15.9. The minimum atomic E-state index is -0.718. The molecule has 1 unspecified atom stereocenters. The van der Waals surface area contributed by atoms with Crippen LogP contribution in [0.15, 0.2) is 96.7 Å². The van der Waals surface area contributed by atoms with Crippen molar-refractivity contribution in [3.8, 4) is 0 Å². The maximum atomic E-state index is 7.18. The van der Waals surface area contributed by atoms with Gasteiger partial charge in [0, 0.05) is 12.1 Å². The molecule has 3 aromatic rings. The molecule has 2 N–H and O–H groups in total. The molecule has 27 heavy (non-hydrogen) atoms. The SMILES string of the molecule is ClC1(c2cccc3ccccc23)NC=CC=C1CCNCc1ccccc1. The van der Waals surface area contributed by atoms with Crippen molar-refractivity contribution in [3.05, 3.63) is 108 Å². The van der Waals surface area contributed by atoms with Crippen molar-refractivity contribution in [2.24, 2.45) is 0 Å². The molecule has 0 amide bonds. The highest BCUT2D eigenvalue weighted by molar-refractivity contribution is 6.27. The molecule has 0 spiro atoms. The van der Waals surface area contributed by atoms with E-state index in [-0.39, 0.29) is 0 Å². The van der Waals surface area contributed by atoms with E-state index in [4.69, 9.17) is 11.6 Å². The molecule has 0 bridgehead atoms. The van der Waals surface area contributed by atoms with Crippen molar-refractivity contribution in [1.29, 1.82) is 0 Å². The Morgan fingerprint density at radius 3 is 2.56 bits per heavy atom. The fourth-order valence-corrected chi connectivity index (χ4v) is 4.00. The minimum absolute atomic E-state index is 0.718. The van der Waals surface area contributed by atoms with E-state index >= 15 is 0 Å². The number of hydrogen-bond donors (Lipinski definition) is 2. The zero-order valence-electron chi connectivity index (χ0n) is 15.2. The summed E-state index contributed by atoms with van der Waals surface area (Å²) in [6.07, 6.45) is 6.96. The molecule has 0 radical (unpaired) electrons. The fraction of sp³-hybridized carbons (Fsp3) is 0.167. The highest BCUT2D eigenvalue weighted by atomic mass is 35.5. The van der Waals surface area contributed by atoms with Gasteiger partial charge in [-0.2, -0.15) is 0 Å². The lowest BCUT2D eigenvalue weighted by atomic mass is 9.90. The molecular weight excluding hydrogens is 352 g/mol. The van der Waals surface area contributed by atoms with E-state index in [1.165, 1.54) is 21.9 Å². The molecular formula is C24H23ClN2. The smallest absolute Gasteiger partial charge is 0.160 e. The molecule has 0 aliphatic carbocycles. The predicted octanol–water partition coefficient (Wildman–Crippen LogP) is 5.45. The van der Waals surface area contributed by atoms with Crippen LogP contribution in [0, 0.1) is 0 Å². The monoisotopic (exact) mass is 374 g/mol. The summed E-state index contributed by atoms with van der Waals surface area (Å²) in [6, 6.07) is 25.2. The largest absolute Gasteiger partial charge is 0.366 e. The topological polar surface area (TPSA) is 24.1 Å². The van der Waals surface area contributed by atoms with Gasteiger partial charge in [-0.05, 0) is 47.2 Å². The third-order valence-corrected chi connectivity index (χ3v) is 5.58. The van der Waals surface area contributed by atoms with Gasteiger partial charge in [0.2, 0.25) is 0 Å². The van der Waals surface area contributed by atoms with Crippen LogP contribution < -0.4 is 10.6 Å². The highest BCUT2D eigenvalue weighted by Gasteiger charge is 2.34. The van der Waals surface area contributed by atoms with Gasteiger partial charge in [-0.25, -0.2) is 0 Å². The number of alkyl halides is 1. The molecule has 0 saturated carbocycles. The molecule has 1 aliphatic rings. The van der Waals surface area contributed by atoms with Gasteiger partial charge >= 0.3 is 0 Å².